The summed E-state index contributed by atoms with van der Waals surface area (Å²) >= 11 is 0. The number of anilines is 1. The van der Waals surface area contributed by atoms with Gasteiger partial charge in [-0.1, -0.05) is 36.4 Å². The fourth-order valence-electron chi connectivity index (χ4n) is 3.41. The molecule has 1 N–H and O–H groups in total. The predicted octanol–water partition coefficient (Wildman–Crippen LogP) is 4.47. The summed E-state index contributed by atoms with van der Waals surface area (Å²) in [5.41, 5.74) is 0.839. The molecular weight excluding hydrogens is 439 g/mol. The van der Waals surface area contributed by atoms with Crippen LogP contribution in [0.4, 0.5) is 14.9 Å². The molecule has 0 spiro atoms. The van der Waals surface area contributed by atoms with Crippen LogP contribution in [0.25, 0.3) is 6.08 Å². The molecule has 0 unspecified atom stereocenters. The molecule has 1 heterocycles. The first-order chi connectivity index (χ1) is 16.5. The van der Waals surface area contributed by atoms with Crippen molar-refractivity contribution in [3.8, 4) is 11.5 Å². The van der Waals surface area contributed by atoms with Gasteiger partial charge >= 0.3 is 6.03 Å². The van der Waals surface area contributed by atoms with Gasteiger partial charge in [-0.3, -0.25) is 14.9 Å². The number of amides is 4. The summed E-state index contributed by atoms with van der Waals surface area (Å²) in [7, 11) is 0. The van der Waals surface area contributed by atoms with E-state index >= 15 is 0 Å². The zero-order valence-corrected chi connectivity index (χ0v) is 18.3. The molecule has 1 saturated heterocycles. The molecular formula is C26H21FN2O5. The Hall–Kier alpha value is -4.46. The van der Waals surface area contributed by atoms with Crippen molar-refractivity contribution < 1.29 is 28.2 Å². The number of benzene rings is 3. The summed E-state index contributed by atoms with van der Waals surface area (Å²) in [4.78, 5) is 39.0. The maximum absolute atomic E-state index is 13.9. The van der Waals surface area contributed by atoms with Gasteiger partial charge in [0.25, 0.3) is 11.8 Å². The maximum atomic E-state index is 13.9. The van der Waals surface area contributed by atoms with Gasteiger partial charge in [-0.25, -0.2) is 14.1 Å². The number of imide groups is 2. The Labute approximate surface area is 195 Å². The zero-order chi connectivity index (χ0) is 24.1. The number of hydrogen-bond acceptors (Lipinski definition) is 5. The van der Waals surface area contributed by atoms with Crippen LogP contribution in [-0.2, 0) is 16.2 Å². The number of halogens is 1. The normalized spacial score (nSPS) is 14.8. The number of ether oxygens (including phenoxy) is 2. The van der Waals surface area contributed by atoms with E-state index in [-0.39, 0.29) is 17.9 Å². The SMILES string of the molecule is CCOc1ccc(N2C(=O)NC(=O)/C(=C\c3ccccc3OCc3ccccc3F)C2=O)cc1. The molecule has 34 heavy (non-hydrogen) atoms. The second kappa shape index (κ2) is 9.99. The van der Waals surface area contributed by atoms with Gasteiger partial charge in [0.1, 0.15) is 29.5 Å². The smallest absolute Gasteiger partial charge is 0.335 e. The lowest BCUT2D eigenvalue weighted by molar-refractivity contribution is -0.122. The summed E-state index contributed by atoms with van der Waals surface area (Å²) in [6.45, 7) is 2.28. The predicted molar refractivity (Wildman–Crippen MR) is 124 cm³/mol. The van der Waals surface area contributed by atoms with Crippen LogP contribution in [0.1, 0.15) is 18.1 Å². The molecule has 1 fully saturated rings. The third-order valence-corrected chi connectivity index (χ3v) is 5.07. The molecule has 3 aromatic rings. The highest BCUT2D eigenvalue weighted by Gasteiger charge is 2.37. The van der Waals surface area contributed by atoms with Gasteiger partial charge in [0.15, 0.2) is 0 Å². The van der Waals surface area contributed by atoms with Crippen LogP contribution < -0.4 is 19.7 Å². The third kappa shape index (κ3) is 4.80. The first-order valence-electron chi connectivity index (χ1n) is 10.6. The minimum atomic E-state index is -0.847. The molecule has 172 valence electrons. The maximum Gasteiger partial charge on any atom is 0.335 e. The number of carbonyl (C=O) groups excluding carboxylic acids is 3. The van der Waals surface area contributed by atoms with E-state index in [4.69, 9.17) is 9.47 Å². The molecule has 1 aliphatic rings. The van der Waals surface area contributed by atoms with E-state index in [1.165, 1.54) is 12.1 Å². The second-order valence-corrected chi connectivity index (χ2v) is 7.30. The van der Waals surface area contributed by atoms with Gasteiger partial charge in [-0.2, -0.15) is 0 Å². The van der Waals surface area contributed by atoms with Crippen molar-refractivity contribution >= 4 is 29.6 Å². The number of urea groups is 1. The van der Waals surface area contributed by atoms with Gasteiger partial charge in [0.05, 0.1) is 12.3 Å². The molecule has 0 radical (unpaired) electrons. The first-order valence-corrected chi connectivity index (χ1v) is 10.6. The standard InChI is InChI=1S/C26H21FN2O5/c1-2-33-20-13-11-19(12-14-20)29-25(31)21(24(30)28-26(29)32)15-17-7-4-6-10-23(17)34-16-18-8-3-5-9-22(18)27/h3-15H,2,16H2,1H3,(H,28,30,32)/b21-15+. The van der Waals surface area contributed by atoms with E-state index in [0.717, 1.165) is 4.90 Å². The van der Waals surface area contributed by atoms with E-state index < -0.39 is 23.7 Å². The number of barbiturate groups is 1. The van der Waals surface area contributed by atoms with Crippen LogP contribution in [0.15, 0.2) is 78.4 Å². The van der Waals surface area contributed by atoms with Crippen molar-refractivity contribution in [3.05, 3.63) is 95.3 Å². The Balaban J connectivity index is 1.62. The van der Waals surface area contributed by atoms with Crippen molar-refractivity contribution in [2.24, 2.45) is 0 Å². The zero-order valence-electron chi connectivity index (χ0n) is 18.3. The molecule has 8 heteroatoms. The molecule has 3 aromatic carbocycles. The summed E-state index contributed by atoms with van der Waals surface area (Å²) in [6, 6.07) is 18.5. The summed E-state index contributed by atoms with van der Waals surface area (Å²) in [5, 5.41) is 2.19. The van der Waals surface area contributed by atoms with Crippen molar-refractivity contribution in [2.75, 3.05) is 11.5 Å². The molecule has 4 rings (SSSR count). The van der Waals surface area contributed by atoms with E-state index in [0.29, 0.717) is 29.2 Å². The summed E-state index contributed by atoms with van der Waals surface area (Å²) < 4.78 is 25.1. The molecule has 0 aliphatic carbocycles. The fourth-order valence-corrected chi connectivity index (χ4v) is 3.41. The number of nitrogens with one attached hydrogen (secondary N) is 1. The fraction of sp³-hybridized carbons (Fsp3) is 0.115. The highest BCUT2D eigenvalue weighted by molar-refractivity contribution is 6.39. The van der Waals surface area contributed by atoms with E-state index in [2.05, 4.69) is 5.32 Å². The van der Waals surface area contributed by atoms with Crippen molar-refractivity contribution in [3.63, 3.8) is 0 Å². The number of rotatable bonds is 7. The van der Waals surface area contributed by atoms with Crippen molar-refractivity contribution in [1.82, 2.24) is 5.32 Å². The average Bonchev–Trinajstić information content (AvgIpc) is 2.83. The second-order valence-electron chi connectivity index (χ2n) is 7.30. The molecule has 1 aliphatic heterocycles. The van der Waals surface area contributed by atoms with E-state index in [1.54, 1.807) is 66.7 Å². The Morgan fingerprint density at radius 1 is 0.912 bits per heavy atom. The van der Waals surface area contributed by atoms with Gasteiger partial charge in [0, 0.05) is 11.1 Å². The largest absolute Gasteiger partial charge is 0.494 e. The van der Waals surface area contributed by atoms with E-state index in [9.17, 15) is 18.8 Å². The number of para-hydroxylation sites is 1. The quantitative estimate of drug-likeness (QED) is 0.415. The highest BCUT2D eigenvalue weighted by atomic mass is 19.1. The van der Waals surface area contributed by atoms with Crippen molar-refractivity contribution in [1.29, 1.82) is 0 Å². The van der Waals surface area contributed by atoms with Crippen LogP contribution in [0.5, 0.6) is 11.5 Å². The lowest BCUT2D eigenvalue weighted by atomic mass is 10.1. The van der Waals surface area contributed by atoms with Crippen LogP contribution >= 0.6 is 0 Å². The Kier molecular flexibility index (Phi) is 6.68. The molecule has 0 aromatic heterocycles. The van der Waals surface area contributed by atoms with Gasteiger partial charge < -0.3 is 9.47 Å². The van der Waals surface area contributed by atoms with Gasteiger partial charge in [0.2, 0.25) is 0 Å². The Morgan fingerprint density at radius 2 is 1.62 bits per heavy atom. The third-order valence-electron chi connectivity index (χ3n) is 5.07. The summed E-state index contributed by atoms with van der Waals surface area (Å²) in [5.74, 6) is -1.06. The van der Waals surface area contributed by atoms with Crippen LogP contribution in [0.3, 0.4) is 0 Å². The van der Waals surface area contributed by atoms with Crippen molar-refractivity contribution in [2.45, 2.75) is 13.5 Å². The molecule has 0 bridgehead atoms. The van der Waals surface area contributed by atoms with Gasteiger partial charge in [-0.15, -0.1) is 0 Å². The number of nitrogens with zero attached hydrogens (tertiary/aromatic N) is 1. The first kappa shape index (κ1) is 22.7. The molecule has 7 nitrogen and oxygen atoms in total. The summed E-state index contributed by atoms with van der Waals surface area (Å²) in [6.07, 6.45) is 1.35. The van der Waals surface area contributed by atoms with Crippen LogP contribution in [0, 0.1) is 5.82 Å². The number of carbonyl (C=O) groups is 3. The lowest BCUT2D eigenvalue weighted by Gasteiger charge is -2.26. The van der Waals surface area contributed by atoms with Gasteiger partial charge in [-0.05, 0) is 49.4 Å². The molecule has 0 saturated carbocycles. The molecule has 4 amide bonds. The highest BCUT2D eigenvalue weighted by Crippen LogP contribution is 2.27. The van der Waals surface area contributed by atoms with Crippen LogP contribution in [-0.4, -0.2) is 24.5 Å². The minimum Gasteiger partial charge on any atom is -0.494 e. The van der Waals surface area contributed by atoms with Crippen LogP contribution in [0.2, 0.25) is 0 Å². The van der Waals surface area contributed by atoms with E-state index in [1.807, 2.05) is 6.92 Å². The topological polar surface area (TPSA) is 84.9 Å². The Morgan fingerprint density at radius 3 is 2.35 bits per heavy atom. The number of hydrogen-bond donors (Lipinski definition) is 1. The molecule has 0 atom stereocenters. The Bertz CT molecular complexity index is 1270. The lowest BCUT2D eigenvalue weighted by Crippen LogP contribution is -2.54. The monoisotopic (exact) mass is 460 g/mol. The minimum absolute atomic E-state index is 0.0379. The average molecular weight is 460 g/mol.